The molecule has 0 bridgehead atoms. The van der Waals surface area contributed by atoms with Crippen molar-refractivity contribution in [2.75, 3.05) is 0 Å². The van der Waals surface area contributed by atoms with Crippen LogP contribution in [0.4, 0.5) is 4.39 Å². The van der Waals surface area contributed by atoms with Gasteiger partial charge >= 0.3 is 37.9 Å². The molecule has 2 rings (SSSR count). The van der Waals surface area contributed by atoms with E-state index in [1.54, 1.807) is 24.3 Å². The number of aryl methyl sites for hydroxylation is 1. The average Bonchev–Trinajstić information content (AvgIpc) is 2.37. The first-order chi connectivity index (χ1) is 9.08. The van der Waals surface area contributed by atoms with Gasteiger partial charge in [-0.05, 0) is 25.1 Å². The fourth-order valence-corrected chi connectivity index (χ4v) is 2.64. The monoisotopic (exact) mass is 394 g/mol. The Hall–Kier alpha value is 0.0631. The molecule has 0 heterocycles. The molecule has 1 nitrogen and oxygen atoms in total. The molecule has 2 aromatic carbocycles. The van der Waals surface area contributed by atoms with Crippen LogP contribution in [0.1, 0.15) is 5.56 Å². The molecule has 2 aromatic rings. The Labute approximate surface area is 132 Å². The van der Waals surface area contributed by atoms with Crippen molar-refractivity contribution in [2.45, 2.75) is 6.92 Å². The molecule has 0 aromatic heterocycles. The summed E-state index contributed by atoms with van der Waals surface area (Å²) in [4.78, 5) is 0. The fraction of sp³-hybridized carbons (Fsp3) is 0.0769. The van der Waals surface area contributed by atoms with E-state index in [0.29, 0.717) is 5.30 Å². The van der Waals surface area contributed by atoms with Crippen LogP contribution in [0.2, 0.25) is 0 Å². The number of phenolic OH excluding ortho intramolecular Hbond substituents is 1. The summed E-state index contributed by atoms with van der Waals surface area (Å²) in [5.41, 5.74) is 1.07. The number of hydrogen-bond donors (Lipinski definition) is 1. The van der Waals surface area contributed by atoms with Crippen molar-refractivity contribution in [2.24, 2.45) is 0 Å². The Morgan fingerprint density at radius 3 is 2.37 bits per heavy atom. The molecular formula is C13H12Cl2FOPZr. The first-order valence-electron chi connectivity index (χ1n) is 5.36. The zero-order chi connectivity index (χ0) is 14.3. The molecule has 6 heteroatoms. The first-order valence-corrected chi connectivity index (χ1v) is 12.7. The van der Waals surface area contributed by atoms with Gasteiger partial charge < -0.3 is 5.11 Å². The molecule has 0 saturated heterocycles. The predicted molar refractivity (Wildman–Crippen MR) is 78.5 cm³/mol. The minimum absolute atomic E-state index is 0.146. The summed E-state index contributed by atoms with van der Waals surface area (Å²) in [6, 6.07) is 12.0. The van der Waals surface area contributed by atoms with Gasteiger partial charge in [0.05, 0.1) is 0 Å². The standard InChI is InChI=1S/C13H12FOP.2ClH.Zr/c1-9-6-7-11(15)13(8-9)16-12-5-3-2-4-10(12)14;;;/h2-8,15-16H,1H3;2*1H;/q;;;+2/p-2. The summed E-state index contributed by atoms with van der Waals surface area (Å²) in [7, 11) is 10.0. The molecule has 0 radical (unpaired) electrons. The average molecular weight is 396 g/mol. The van der Waals surface area contributed by atoms with E-state index in [2.05, 4.69) is 0 Å². The van der Waals surface area contributed by atoms with Gasteiger partial charge in [-0.25, -0.2) is 4.39 Å². The third kappa shape index (κ3) is 5.92. The van der Waals surface area contributed by atoms with Crippen LogP contribution in [-0.4, -0.2) is 5.11 Å². The van der Waals surface area contributed by atoms with Gasteiger partial charge in [0.25, 0.3) is 0 Å². The Balaban J connectivity index is 0.000000550. The van der Waals surface area contributed by atoms with Gasteiger partial charge in [0.1, 0.15) is 11.6 Å². The van der Waals surface area contributed by atoms with E-state index in [4.69, 9.17) is 17.0 Å². The van der Waals surface area contributed by atoms with Gasteiger partial charge in [-0.15, -0.1) is 0 Å². The van der Waals surface area contributed by atoms with Crippen LogP contribution >= 0.6 is 25.6 Å². The SMILES string of the molecule is Cc1ccc(O)c(Pc2ccccc2F)c1.[Cl][Zr][Cl]. The van der Waals surface area contributed by atoms with Crippen molar-refractivity contribution in [1.29, 1.82) is 0 Å². The van der Waals surface area contributed by atoms with E-state index >= 15 is 0 Å². The second-order valence-electron chi connectivity index (χ2n) is 3.70. The van der Waals surface area contributed by atoms with Crippen molar-refractivity contribution >= 4 is 36.2 Å². The van der Waals surface area contributed by atoms with Crippen molar-refractivity contribution in [3.05, 3.63) is 53.8 Å². The number of aromatic hydroxyl groups is 1. The quantitative estimate of drug-likeness (QED) is 0.765. The molecule has 1 N–H and O–H groups in total. The number of benzene rings is 2. The molecule has 100 valence electrons. The summed E-state index contributed by atoms with van der Waals surface area (Å²) in [6.07, 6.45) is 0. The zero-order valence-corrected chi connectivity index (χ0v) is 15.1. The van der Waals surface area contributed by atoms with Gasteiger partial charge in [0.2, 0.25) is 0 Å². The van der Waals surface area contributed by atoms with Crippen LogP contribution in [0.25, 0.3) is 0 Å². The van der Waals surface area contributed by atoms with Crippen LogP contribution in [0.15, 0.2) is 42.5 Å². The summed E-state index contributed by atoms with van der Waals surface area (Å²) in [5.74, 6) is 0.00826. The first kappa shape index (κ1) is 17.1. The molecule has 0 saturated carbocycles. The molecule has 0 aliphatic carbocycles. The second-order valence-corrected chi connectivity index (χ2v) is 8.76. The Bertz CT molecular complexity index is 540. The van der Waals surface area contributed by atoms with E-state index in [1.807, 2.05) is 19.1 Å². The van der Waals surface area contributed by atoms with E-state index in [9.17, 15) is 9.50 Å². The van der Waals surface area contributed by atoms with Crippen molar-refractivity contribution in [3.63, 3.8) is 0 Å². The van der Waals surface area contributed by atoms with Crippen molar-refractivity contribution < 1.29 is 30.3 Å². The molecule has 0 amide bonds. The zero-order valence-electron chi connectivity index (χ0n) is 10.1. The summed E-state index contributed by atoms with van der Waals surface area (Å²) < 4.78 is 13.4. The Morgan fingerprint density at radius 1 is 1.11 bits per heavy atom. The minimum atomic E-state index is -0.826. The van der Waals surface area contributed by atoms with Crippen LogP contribution in [0, 0.1) is 12.7 Å². The molecule has 0 aliphatic rings. The van der Waals surface area contributed by atoms with Gasteiger partial charge in [-0.2, -0.15) is 0 Å². The summed E-state index contributed by atoms with van der Waals surface area (Å²) in [6.45, 7) is 1.95. The Morgan fingerprint density at radius 2 is 1.74 bits per heavy atom. The molecule has 0 fully saturated rings. The van der Waals surface area contributed by atoms with Crippen LogP contribution in [-0.2, 0) is 20.8 Å². The Kier molecular flexibility index (Phi) is 8.18. The third-order valence-corrected chi connectivity index (χ3v) is 3.64. The third-order valence-electron chi connectivity index (χ3n) is 2.30. The topological polar surface area (TPSA) is 20.2 Å². The van der Waals surface area contributed by atoms with Gasteiger partial charge in [-0.3, -0.25) is 0 Å². The van der Waals surface area contributed by atoms with E-state index in [1.165, 1.54) is 6.07 Å². The number of halogens is 3. The maximum atomic E-state index is 13.4. The fourth-order valence-electron chi connectivity index (χ4n) is 1.46. The van der Waals surface area contributed by atoms with Crippen molar-refractivity contribution in [1.82, 2.24) is 0 Å². The van der Waals surface area contributed by atoms with Gasteiger partial charge in [0, 0.05) is 10.6 Å². The summed E-state index contributed by atoms with van der Waals surface area (Å²) in [5, 5.41) is 11.1. The summed E-state index contributed by atoms with van der Waals surface area (Å²) >= 11 is -0.826. The molecule has 1 unspecified atom stereocenters. The molecule has 0 aliphatic heterocycles. The van der Waals surface area contributed by atoms with Gasteiger partial charge in [-0.1, -0.05) is 38.4 Å². The maximum absolute atomic E-state index is 13.4. The predicted octanol–water partition coefficient (Wildman–Crippen LogP) is 3.85. The van der Waals surface area contributed by atoms with Crippen LogP contribution < -0.4 is 10.6 Å². The van der Waals surface area contributed by atoms with Crippen LogP contribution in [0.5, 0.6) is 5.75 Å². The number of phenols is 1. The number of rotatable bonds is 2. The second kappa shape index (κ2) is 9.08. The number of hydrogen-bond acceptors (Lipinski definition) is 1. The molecule has 0 spiro atoms. The van der Waals surface area contributed by atoms with E-state index in [-0.39, 0.29) is 20.1 Å². The normalized spacial score (nSPS) is 10.1. The van der Waals surface area contributed by atoms with Gasteiger partial charge in [0.15, 0.2) is 0 Å². The molecular weight excluding hydrogens is 384 g/mol. The van der Waals surface area contributed by atoms with E-state index < -0.39 is 20.8 Å². The van der Waals surface area contributed by atoms with E-state index in [0.717, 1.165) is 10.9 Å². The molecule has 19 heavy (non-hydrogen) atoms. The molecule has 1 atom stereocenters. The van der Waals surface area contributed by atoms with Crippen molar-refractivity contribution in [3.8, 4) is 5.75 Å². The van der Waals surface area contributed by atoms with Crippen LogP contribution in [0.3, 0.4) is 0 Å².